The molecule has 4 rings (SSSR count). The molecule has 1 aliphatic rings. The van der Waals surface area contributed by atoms with Gasteiger partial charge in [-0.25, -0.2) is 8.42 Å². The van der Waals surface area contributed by atoms with Crippen molar-refractivity contribution in [2.45, 2.75) is 38.1 Å². The average molecular weight is 435 g/mol. The minimum Gasteiger partial charge on any atom is -0.348 e. The first-order chi connectivity index (χ1) is 14.8. The number of anilines is 1. The van der Waals surface area contributed by atoms with Crippen LogP contribution >= 0.6 is 0 Å². The van der Waals surface area contributed by atoms with E-state index < -0.39 is 10.0 Å². The number of benzene rings is 3. The summed E-state index contributed by atoms with van der Waals surface area (Å²) in [6, 6.07) is 20.2. The van der Waals surface area contributed by atoms with Gasteiger partial charge in [-0.3, -0.25) is 9.10 Å². The van der Waals surface area contributed by atoms with Gasteiger partial charge in [0.1, 0.15) is 6.54 Å². The van der Waals surface area contributed by atoms with Crippen LogP contribution < -0.4 is 9.62 Å². The Bertz CT molecular complexity index is 1250. The number of carbonyl (C=O) groups is 1. The van der Waals surface area contributed by atoms with Gasteiger partial charge in [0.15, 0.2) is 0 Å². The fraction of sp³-hybridized carbons (Fsp3) is 0.240. The van der Waals surface area contributed by atoms with Gasteiger partial charge in [-0.2, -0.15) is 0 Å². The summed E-state index contributed by atoms with van der Waals surface area (Å²) in [6.45, 7) is 5.83. The molecule has 0 bridgehead atoms. The van der Waals surface area contributed by atoms with Crippen molar-refractivity contribution in [1.29, 1.82) is 0 Å². The number of hydrogen-bond donors (Lipinski definition) is 1. The highest BCUT2D eigenvalue weighted by atomic mass is 32.2. The van der Waals surface area contributed by atoms with Crippen LogP contribution in [0.2, 0.25) is 0 Å². The average Bonchev–Trinajstić information content (AvgIpc) is 2.77. The molecule has 0 spiro atoms. The fourth-order valence-electron chi connectivity index (χ4n) is 4.02. The van der Waals surface area contributed by atoms with Gasteiger partial charge in [0.25, 0.3) is 10.0 Å². The minimum atomic E-state index is -3.84. The molecule has 1 atom stereocenters. The highest BCUT2D eigenvalue weighted by molar-refractivity contribution is 7.93. The maximum Gasteiger partial charge on any atom is 0.265 e. The molecule has 1 heterocycles. The molecule has 1 amide bonds. The van der Waals surface area contributed by atoms with E-state index in [9.17, 15) is 13.2 Å². The topological polar surface area (TPSA) is 66.5 Å². The SMILES string of the molecule is CC[C@H](NC(=O)CN1c2ccccc2-c2ccccc2S1(=O)=O)c1ccc(C)c(C)c1. The summed E-state index contributed by atoms with van der Waals surface area (Å²) in [6.07, 6.45) is 0.709. The molecule has 1 aliphatic heterocycles. The number of nitrogens with one attached hydrogen (secondary N) is 1. The van der Waals surface area contributed by atoms with E-state index in [0.29, 0.717) is 17.7 Å². The fourth-order valence-corrected chi connectivity index (χ4v) is 5.67. The molecule has 1 N–H and O–H groups in total. The zero-order valence-electron chi connectivity index (χ0n) is 17.9. The van der Waals surface area contributed by atoms with Crippen LogP contribution in [0.25, 0.3) is 11.1 Å². The third-order valence-electron chi connectivity index (χ3n) is 5.88. The molecule has 0 saturated carbocycles. The summed E-state index contributed by atoms with van der Waals surface area (Å²) >= 11 is 0. The Labute approximate surface area is 183 Å². The van der Waals surface area contributed by atoms with Crippen molar-refractivity contribution in [1.82, 2.24) is 5.32 Å². The highest BCUT2D eigenvalue weighted by Crippen LogP contribution is 2.42. The lowest BCUT2D eigenvalue weighted by Gasteiger charge is -2.32. The molecular weight excluding hydrogens is 408 g/mol. The third kappa shape index (κ3) is 3.83. The van der Waals surface area contributed by atoms with Crippen LogP contribution in [0.5, 0.6) is 0 Å². The van der Waals surface area contributed by atoms with E-state index in [2.05, 4.69) is 18.3 Å². The number of aryl methyl sites for hydroxylation is 2. The summed E-state index contributed by atoms with van der Waals surface area (Å²) < 4.78 is 27.9. The van der Waals surface area contributed by atoms with E-state index in [-0.39, 0.29) is 23.4 Å². The molecule has 0 aliphatic carbocycles. The summed E-state index contributed by atoms with van der Waals surface area (Å²) in [5.74, 6) is -0.331. The largest absolute Gasteiger partial charge is 0.348 e. The van der Waals surface area contributed by atoms with Crippen molar-refractivity contribution < 1.29 is 13.2 Å². The van der Waals surface area contributed by atoms with Gasteiger partial charge in [0, 0.05) is 11.1 Å². The van der Waals surface area contributed by atoms with Crippen LogP contribution in [0.3, 0.4) is 0 Å². The van der Waals surface area contributed by atoms with Gasteiger partial charge in [-0.05, 0) is 49.1 Å². The molecule has 3 aromatic carbocycles. The van der Waals surface area contributed by atoms with Gasteiger partial charge >= 0.3 is 0 Å². The van der Waals surface area contributed by atoms with E-state index in [1.54, 1.807) is 30.3 Å². The second-order valence-electron chi connectivity index (χ2n) is 7.90. The van der Waals surface area contributed by atoms with Gasteiger partial charge in [-0.1, -0.05) is 61.5 Å². The lowest BCUT2D eigenvalue weighted by atomic mass is 9.99. The number of rotatable bonds is 5. The first-order valence-corrected chi connectivity index (χ1v) is 11.8. The second-order valence-corrected chi connectivity index (χ2v) is 9.73. The lowest BCUT2D eigenvalue weighted by molar-refractivity contribution is -0.120. The van der Waals surface area contributed by atoms with E-state index in [1.807, 2.05) is 44.2 Å². The Morgan fingerprint density at radius 3 is 2.32 bits per heavy atom. The monoisotopic (exact) mass is 434 g/mol. The molecule has 0 saturated heterocycles. The van der Waals surface area contributed by atoms with Crippen molar-refractivity contribution in [3.05, 3.63) is 83.4 Å². The summed E-state index contributed by atoms with van der Waals surface area (Å²) in [5, 5.41) is 3.02. The summed E-state index contributed by atoms with van der Waals surface area (Å²) in [5.41, 5.74) is 5.37. The molecular formula is C25H26N2O3S. The minimum absolute atomic E-state index is 0.179. The molecule has 5 nitrogen and oxygen atoms in total. The first kappa shape index (κ1) is 21.1. The van der Waals surface area contributed by atoms with Crippen molar-refractivity contribution in [2.24, 2.45) is 0 Å². The standard InChI is InChI=1S/C25H26N2O3S/c1-4-22(19-14-13-17(2)18(3)15-19)26-25(28)16-27-23-11-7-5-9-20(23)21-10-6-8-12-24(21)31(27,29)30/h5-15,22H,4,16H2,1-3H3,(H,26,28)/t22-/m0/s1. The molecule has 160 valence electrons. The Kier molecular flexibility index (Phi) is 5.58. The molecule has 3 aromatic rings. The van der Waals surface area contributed by atoms with Crippen molar-refractivity contribution in [3.8, 4) is 11.1 Å². The Balaban J connectivity index is 1.64. The predicted molar refractivity (Wildman–Crippen MR) is 124 cm³/mol. The van der Waals surface area contributed by atoms with Crippen LogP contribution in [0.4, 0.5) is 5.69 Å². The lowest BCUT2D eigenvalue weighted by Crippen LogP contribution is -2.43. The van der Waals surface area contributed by atoms with Crippen LogP contribution in [0.1, 0.15) is 36.1 Å². The van der Waals surface area contributed by atoms with Gasteiger partial charge in [0.2, 0.25) is 5.91 Å². The first-order valence-electron chi connectivity index (χ1n) is 10.4. The smallest absolute Gasteiger partial charge is 0.265 e. The molecule has 0 aromatic heterocycles. The number of nitrogens with zero attached hydrogens (tertiary/aromatic N) is 1. The van der Waals surface area contributed by atoms with Gasteiger partial charge in [-0.15, -0.1) is 0 Å². The number of sulfonamides is 1. The number of fused-ring (bicyclic) bond motifs is 3. The molecule has 0 fully saturated rings. The predicted octanol–water partition coefficient (Wildman–Crippen LogP) is 4.75. The third-order valence-corrected chi connectivity index (χ3v) is 7.70. The van der Waals surface area contributed by atoms with Gasteiger partial charge in [0.05, 0.1) is 16.6 Å². The van der Waals surface area contributed by atoms with Crippen LogP contribution in [0, 0.1) is 13.8 Å². The Hall–Kier alpha value is -3.12. The normalized spacial score (nSPS) is 15.0. The van der Waals surface area contributed by atoms with E-state index in [0.717, 1.165) is 16.7 Å². The Morgan fingerprint density at radius 2 is 1.61 bits per heavy atom. The second kappa shape index (κ2) is 8.19. The maximum absolute atomic E-state index is 13.4. The van der Waals surface area contributed by atoms with Crippen molar-refractivity contribution >= 4 is 21.6 Å². The zero-order valence-corrected chi connectivity index (χ0v) is 18.7. The van der Waals surface area contributed by atoms with E-state index in [1.165, 1.54) is 9.87 Å². The van der Waals surface area contributed by atoms with Crippen LogP contribution in [0.15, 0.2) is 71.6 Å². The number of amides is 1. The van der Waals surface area contributed by atoms with Crippen LogP contribution in [-0.4, -0.2) is 20.9 Å². The maximum atomic E-state index is 13.4. The molecule has 0 radical (unpaired) electrons. The van der Waals surface area contributed by atoms with Crippen molar-refractivity contribution in [2.75, 3.05) is 10.8 Å². The number of carbonyl (C=O) groups excluding carboxylic acids is 1. The van der Waals surface area contributed by atoms with Crippen LogP contribution in [-0.2, 0) is 14.8 Å². The van der Waals surface area contributed by atoms with Gasteiger partial charge < -0.3 is 5.32 Å². The summed E-state index contributed by atoms with van der Waals surface area (Å²) in [4.78, 5) is 13.2. The summed E-state index contributed by atoms with van der Waals surface area (Å²) in [7, 11) is -3.84. The highest BCUT2D eigenvalue weighted by Gasteiger charge is 2.35. The number of para-hydroxylation sites is 1. The molecule has 6 heteroatoms. The van der Waals surface area contributed by atoms with E-state index >= 15 is 0 Å². The van der Waals surface area contributed by atoms with E-state index in [4.69, 9.17) is 0 Å². The number of hydrogen-bond acceptors (Lipinski definition) is 3. The zero-order chi connectivity index (χ0) is 22.2. The Morgan fingerprint density at radius 1 is 0.935 bits per heavy atom. The molecule has 0 unspecified atom stereocenters. The molecule has 31 heavy (non-hydrogen) atoms. The van der Waals surface area contributed by atoms with Crippen molar-refractivity contribution in [3.63, 3.8) is 0 Å². The quantitative estimate of drug-likeness (QED) is 0.630.